The van der Waals surface area contributed by atoms with E-state index in [4.69, 9.17) is 4.52 Å². The van der Waals surface area contributed by atoms with Gasteiger partial charge in [0.25, 0.3) is 20.2 Å². The van der Waals surface area contributed by atoms with Gasteiger partial charge in [0, 0.05) is 15.6 Å². The van der Waals surface area contributed by atoms with E-state index in [-0.39, 0.29) is 22.7 Å². The lowest BCUT2D eigenvalue weighted by atomic mass is 9.87. The maximum absolute atomic E-state index is 13.4. The van der Waals surface area contributed by atoms with Gasteiger partial charge in [-0.3, -0.25) is 13.9 Å². The number of fused-ring (bicyclic) bond motifs is 2. The fourth-order valence-electron chi connectivity index (χ4n) is 3.74. The number of benzene rings is 3. The van der Waals surface area contributed by atoms with Crippen LogP contribution in [0.5, 0.6) is 0 Å². The monoisotopic (exact) mass is 550 g/mol. The zero-order valence-electron chi connectivity index (χ0n) is 16.1. The molecule has 13 heteroatoms. The Morgan fingerprint density at radius 2 is 1.61 bits per heavy atom. The number of carbonyl (C=O) groups excluding carboxylic acids is 1. The highest BCUT2D eigenvalue weighted by Crippen LogP contribution is 2.45. The molecule has 33 heavy (non-hydrogen) atoms. The van der Waals surface area contributed by atoms with E-state index in [1.165, 1.54) is 6.07 Å². The van der Waals surface area contributed by atoms with Crippen LogP contribution in [0.1, 0.15) is 15.9 Å². The van der Waals surface area contributed by atoms with Crippen molar-refractivity contribution in [3.05, 3.63) is 64.1 Å². The van der Waals surface area contributed by atoms with Gasteiger partial charge in [-0.25, -0.2) is 0 Å². The predicted molar refractivity (Wildman–Crippen MR) is 120 cm³/mol. The summed E-state index contributed by atoms with van der Waals surface area (Å²) in [6.45, 7) is 0. The van der Waals surface area contributed by atoms with Crippen molar-refractivity contribution < 1.29 is 35.3 Å². The first-order chi connectivity index (χ1) is 15.5. The predicted octanol–water partition coefficient (Wildman–Crippen LogP) is 4.04. The van der Waals surface area contributed by atoms with Gasteiger partial charge in [-0.1, -0.05) is 29.4 Å². The molecule has 0 spiro atoms. The van der Waals surface area contributed by atoms with Crippen molar-refractivity contribution >= 4 is 64.2 Å². The third-order valence-electron chi connectivity index (χ3n) is 5.15. The molecule has 0 fully saturated rings. The molecule has 4 aromatic rings. The molecule has 0 saturated heterocycles. The molecule has 0 unspecified atom stereocenters. The molecule has 0 amide bonds. The third-order valence-corrected chi connectivity index (χ3v) is 7.50. The quantitative estimate of drug-likeness (QED) is 0.278. The summed E-state index contributed by atoms with van der Waals surface area (Å²) >= 11 is 3.36. The van der Waals surface area contributed by atoms with Crippen LogP contribution in [0.2, 0.25) is 0 Å². The lowest BCUT2D eigenvalue weighted by Gasteiger charge is -2.19. The number of ketones is 1. The van der Waals surface area contributed by atoms with E-state index in [0.717, 1.165) is 12.1 Å². The average molecular weight is 551 g/mol. The maximum atomic E-state index is 13.4. The van der Waals surface area contributed by atoms with Crippen LogP contribution in [0.15, 0.2) is 67.3 Å². The van der Waals surface area contributed by atoms with Gasteiger partial charge in [0.05, 0.1) is 27.2 Å². The number of hydrogen-bond acceptors (Lipinski definition) is 8. The fourth-order valence-corrected chi connectivity index (χ4v) is 5.50. The Morgan fingerprint density at radius 3 is 2.27 bits per heavy atom. The summed E-state index contributed by atoms with van der Waals surface area (Å²) in [6.07, 6.45) is 0. The Labute approximate surface area is 194 Å². The molecular weight excluding hydrogens is 540 g/mol. The highest BCUT2D eigenvalue weighted by Gasteiger charge is 2.33. The van der Waals surface area contributed by atoms with Crippen molar-refractivity contribution in [3.63, 3.8) is 0 Å². The fraction of sp³-hybridized carbons (Fsp3) is 0. The van der Waals surface area contributed by atoms with Crippen LogP contribution in [0.25, 0.3) is 22.2 Å². The van der Waals surface area contributed by atoms with Gasteiger partial charge in [-0.15, -0.1) is 0 Å². The molecule has 0 atom stereocenters. The van der Waals surface area contributed by atoms with Crippen LogP contribution in [-0.4, -0.2) is 36.9 Å². The van der Waals surface area contributed by atoms with Crippen LogP contribution in [-0.2, 0) is 20.2 Å². The molecule has 1 aromatic heterocycles. The first kappa shape index (κ1) is 21.7. The van der Waals surface area contributed by atoms with Crippen LogP contribution < -0.4 is 5.32 Å². The second-order valence-electron chi connectivity index (χ2n) is 7.12. The van der Waals surface area contributed by atoms with Crippen LogP contribution in [0, 0.1) is 0 Å². The number of halogens is 1. The van der Waals surface area contributed by atoms with Gasteiger partial charge in [0.2, 0.25) is 0 Å². The summed E-state index contributed by atoms with van der Waals surface area (Å²) in [7, 11) is -9.66. The minimum absolute atomic E-state index is 0.155. The lowest BCUT2D eigenvalue weighted by Crippen LogP contribution is -2.13. The van der Waals surface area contributed by atoms with Crippen molar-refractivity contribution in [1.29, 1.82) is 0 Å². The Balaban J connectivity index is 1.76. The lowest BCUT2D eigenvalue weighted by molar-refractivity contribution is 0.104. The van der Waals surface area contributed by atoms with Crippen molar-refractivity contribution in [3.8, 4) is 11.3 Å². The van der Waals surface area contributed by atoms with Crippen LogP contribution >= 0.6 is 15.9 Å². The van der Waals surface area contributed by atoms with Gasteiger partial charge < -0.3 is 9.84 Å². The first-order valence-corrected chi connectivity index (χ1v) is 12.8. The number of carbonyl (C=O) groups is 1. The average Bonchev–Trinajstić information content (AvgIpc) is 3.18. The molecule has 0 radical (unpaired) electrons. The normalized spacial score (nSPS) is 13.2. The molecule has 3 aromatic carbocycles. The second kappa shape index (κ2) is 7.20. The minimum atomic E-state index is -4.92. The number of rotatable bonds is 4. The van der Waals surface area contributed by atoms with Crippen molar-refractivity contribution in [1.82, 2.24) is 5.16 Å². The Morgan fingerprint density at radius 1 is 0.909 bits per heavy atom. The molecule has 5 rings (SSSR count). The minimum Gasteiger partial charge on any atom is -0.355 e. The molecule has 1 aliphatic rings. The molecule has 168 valence electrons. The third kappa shape index (κ3) is 3.45. The molecule has 0 aliphatic heterocycles. The highest BCUT2D eigenvalue weighted by atomic mass is 79.9. The second-order valence-corrected chi connectivity index (χ2v) is 10.8. The maximum Gasteiger partial charge on any atom is 0.296 e. The zero-order valence-corrected chi connectivity index (χ0v) is 19.3. The molecule has 3 N–H and O–H groups in total. The van der Waals surface area contributed by atoms with Crippen LogP contribution in [0.4, 0.5) is 11.4 Å². The number of anilines is 2. The van der Waals surface area contributed by atoms with E-state index in [0.29, 0.717) is 38.3 Å². The van der Waals surface area contributed by atoms with Crippen molar-refractivity contribution in [2.24, 2.45) is 0 Å². The molecule has 0 bridgehead atoms. The van der Waals surface area contributed by atoms with Gasteiger partial charge >= 0.3 is 0 Å². The summed E-state index contributed by atoms with van der Waals surface area (Å²) in [5, 5.41) is 7.22. The van der Waals surface area contributed by atoms with E-state index < -0.39 is 30.0 Å². The molecule has 10 nitrogen and oxygen atoms in total. The van der Waals surface area contributed by atoms with Gasteiger partial charge in [-0.2, -0.15) is 16.8 Å². The zero-order chi connectivity index (χ0) is 23.7. The van der Waals surface area contributed by atoms with Gasteiger partial charge in [0.1, 0.15) is 10.4 Å². The van der Waals surface area contributed by atoms with E-state index in [1.807, 2.05) is 0 Å². The number of hydrogen-bond donors (Lipinski definition) is 3. The van der Waals surface area contributed by atoms with Crippen LogP contribution in [0.3, 0.4) is 0 Å². The molecular formula is C20H11BrN2O8S2. The SMILES string of the molecule is O=C1c2ccccc2-c2onc3c(Br)cc(Nc4ccc(S(=O)(=O)O)cc4S(=O)(=O)O)c1c23. The van der Waals surface area contributed by atoms with Crippen molar-refractivity contribution in [2.75, 3.05) is 5.32 Å². The summed E-state index contributed by atoms with van der Waals surface area (Å²) in [6, 6.07) is 10.9. The number of nitrogens with zero attached hydrogens (tertiary/aromatic N) is 1. The summed E-state index contributed by atoms with van der Waals surface area (Å²) in [5.41, 5.74) is 1.37. The molecule has 0 saturated carbocycles. The van der Waals surface area contributed by atoms with E-state index in [1.54, 1.807) is 24.3 Å². The number of aromatic nitrogens is 1. The molecule has 1 heterocycles. The Hall–Kier alpha value is -3.10. The topological polar surface area (TPSA) is 164 Å². The van der Waals surface area contributed by atoms with Crippen molar-refractivity contribution in [2.45, 2.75) is 9.79 Å². The van der Waals surface area contributed by atoms with Gasteiger partial charge in [0.15, 0.2) is 11.5 Å². The standard InChI is InChI=1S/C20H11BrN2O8S2/c21-12-8-14(22-13-6-5-9(32(25,26)27)7-15(13)33(28,29)30)16-17-18(12)23-31-20(17)11-4-2-1-3-10(11)19(16)24/h1-8,22H,(H,25,26,27)(H,28,29,30). The number of nitrogens with one attached hydrogen (secondary N) is 1. The first-order valence-electron chi connectivity index (χ1n) is 9.09. The summed E-state index contributed by atoms with van der Waals surface area (Å²) in [4.78, 5) is 11.8. The van der Waals surface area contributed by atoms with E-state index in [2.05, 4.69) is 26.4 Å². The Bertz CT molecular complexity index is 1730. The summed E-state index contributed by atoms with van der Waals surface area (Å²) < 4.78 is 71.6. The molecule has 1 aliphatic carbocycles. The Kier molecular flexibility index (Phi) is 4.74. The van der Waals surface area contributed by atoms with Gasteiger partial charge in [-0.05, 0) is 40.2 Å². The van der Waals surface area contributed by atoms with E-state index in [9.17, 15) is 30.7 Å². The largest absolute Gasteiger partial charge is 0.355 e. The summed E-state index contributed by atoms with van der Waals surface area (Å²) in [5.74, 6) is -0.0134. The van der Waals surface area contributed by atoms with E-state index >= 15 is 0 Å². The highest BCUT2D eigenvalue weighted by molar-refractivity contribution is 9.10. The smallest absolute Gasteiger partial charge is 0.296 e.